The van der Waals surface area contributed by atoms with Gasteiger partial charge in [0.1, 0.15) is 11.5 Å². The first kappa shape index (κ1) is 21.2. The number of hydrogen-bond acceptors (Lipinski definition) is 5. The van der Waals surface area contributed by atoms with Gasteiger partial charge >= 0.3 is 6.18 Å². The lowest BCUT2D eigenvalue weighted by Gasteiger charge is -2.19. The maximum absolute atomic E-state index is 12.8. The van der Waals surface area contributed by atoms with E-state index in [2.05, 4.69) is 10.1 Å². The number of rotatable bonds is 2. The Balaban J connectivity index is 0.00000240. The van der Waals surface area contributed by atoms with Crippen molar-refractivity contribution in [1.82, 2.24) is 5.01 Å². The second-order valence-corrected chi connectivity index (χ2v) is 7.02. The number of hydrazone groups is 1. The molecule has 1 N–H and O–H groups in total. The summed E-state index contributed by atoms with van der Waals surface area (Å²) in [5.74, 6) is -0.613. The minimum Gasteiger partial charge on any atom is -0.457 e. The van der Waals surface area contributed by atoms with Gasteiger partial charge in [0.15, 0.2) is 5.84 Å². The lowest BCUT2D eigenvalue weighted by Crippen LogP contribution is -2.35. The van der Waals surface area contributed by atoms with E-state index in [0.29, 0.717) is 15.8 Å². The van der Waals surface area contributed by atoms with Gasteiger partial charge in [-0.15, -0.1) is 12.4 Å². The normalized spacial score (nSPS) is 17.8. The monoisotopic (exact) mass is 460 g/mol. The fraction of sp³-hybridized carbons (Fsp3) is 0.0588. The van der Waals surface area contributed by atoms with Crippen LogP contribution in [0.2, 0.25) is 5.02 Å². The van der Waals surface area contributed by atoms with Gasteiger partial charge in [0, 0.05) is 10.6 Å². The van der Waals surface area contributed by atoms with Gasteiger partial charge < -0.3 is 4.42 Å². The van der Waals surface area contributed by atoms with Crippen LogP contribution in [0.5, 0.6) is 0 Å². The topological polar surface area (TPSA) is 82.0 Å². The standard InChI is InChI=1S/C17H8ClF3N4O2S.ClH/c18-9-3-1-8(2-4-9)12-6-5-10(27-12)7-11-13(22)25-16(23-14(11)26)28-15(24-25)17(19,20)21;/h1-7,22H;1H/b11-7-,22-13?;. The van der Waals surface area contributed by atoms with Crippen molar-refractivity contribution < 1.29 is 22.4 Å². The van der Waals surface area contributed by atoms with E-state index >= 15 is 0 Å². The summed E-state index contributed by atoms with van der Waals surface area (Å²) in [5.41, 5.74) is 0.517. The van der Waals surface area contributed by atoms with Crippen molar-refractivity contribution in [3.63, 3.8) is 0 Å². The van der Waals surface area contributed by atoms with Gasteiger partial charge in [-0.3, -0.25) is 10.2 Å². The number of alkyl halides is 3. The quantitative estimate of drug-likeness (QED) is 0.624. The highest BCUT2D eigenvalue weighted by Crippen LogP contribution is 2.35. The molecular formula is C17H9Cl2F3N4O2S. The van der Waals surface area contributed by atoms with Crippen LogP contribution >= 0.6 is 35.8 Å². The molecule has 2 aromatic rings. The van der Waals surface area contributed by atoms with Crippen LogP contribution in [-0.4, -0.2) is 33.1 Å². The molecule has 0 unspecified atom stereocenters. The molecule has 1 aromatic heterocycles. The fourth-order valence-corrected chi connectivity index (χ4v) is 3.33. The van der Waals surface area contributed by atoms with E-state index in [4.69, 9.17) is 21.4 Å². The average Bonchev–Trinajstić information content (AvgIpc) is 3.26. The van der Waals surface area contributed by atoms with Gasteiger partial charge in [0.25, 0.3) is 5.91 Å². The number of carbonyl (C=O) groups excluding carboxylic acids is 1. The van der Waals surface area contributed by atoms with Crippen molar-refractivity contribution in [2.45, 2.75) is 6.18 Å². The van der Waals surface area contributed by atoms with E-state index in [1.165, 1.54) is 6.08 Å². The molecule has 4 rings (SSSR count). The summed E-state index contributed by atoms with van der Waals surface area (Å²) in [4.78, 5) is 15.8. The molecule has 0 aliphatic carbocycles. The third-order valence-corrected chi connectivity index (χ3v) is 4.94. The van der Waals surface area contributed by atoms with E-state index in [0.717, 1.165) is 5.56 Å². The number of benzene rings is 1. The van der Waals surface area contributed by atoms with Crippen LogP contribution in [0.4, 0.5) is 13.2 Å². The Labute approximate surface area is 177 Å². The summed E-state index contributed by atoms with van der Waals surface area (Å²) >= 11 is 6.04. The molecule has 0 saturated heterocycles. The van der Waals surface area contributed by atoms with Crippen molar-refractivity contribution >= 4 is 63.8 Å². The van der Waals surface area contributed by atoms with Crippen LogP contribution in [0.25, 0.3) is 17.4 Å². The van der Waals surface area contributed by atoms with Crippen molar-refractivity contribution in [1.29, 1.82) is 5.41 Å². The summed E-state index contributed by atoms with van der Waals surface area (Å²) in [5, 5.41) is 11.2. The van der Waals surface area contributed by atoms with Crippen LogP contribution in [-0.2, 0) is 4.79 Å². The maximum atomic E-state index is 12.8. The number of amides is 1. The minimum atomic E-state index is -4.69. The third-order valence-electron chi connectivity index (χ3n) is 3.74. The van der Waals surface area contributed by atoms with Crippen molar-refractivity contribution in [3.05, 3.63) is 52.8 Å². The van der Waals surface area contributed by atoms with Gasteiger partial charge in [0.05, 0.1) is 5.57 Å². The number of amidine groups is 2. The first-order valence-corrected chi connectivity index (χ1v) is 8.85. The molecule has 29 heavy (non-hydrogen) atoms. The number of hydrogen-bond donors (Lipinski definition) is 1. The number of halogens is 5. The molecule has 0 radical (unpaired) electrons. The van der Waals surface area contributed by atoms with Crippen molar-refractivity contribution in [3.8, 4) is 11.3 Å². The number of carbonyl (C=O) groups is 1. The SMILES string of the molecule is Cl.N=C1/C(=C/c2ccc(-c3ccc(Cl)cc3)o2)C(=O)N=C2SC(C(F)(F)F)=NN12. The second kappa shape index (κ2) is 7.69. The fourth-order valence-electron chi connectivity index (χ4n) is 2.45. The molecule has 0 fully saturated rings. The summed E-state index contributed by atoms with van der Waals surface area (Å²) in [7, 11) is 0. The van der Waals surface area contributed by atoms with E-state index < -0.39 is 23.0 Å². The Kier molecular flexibility index (Phi) is 5.61. The number of nitrogens with zero attached hydrogens (tertiary/aromatic N) is 3. The molecule has 0 atom stereocenters. The van der Waals surface area contributed by atoms with Gasteiger partial charge in [-0.25, -0.2) is 0 Å². The zero-order chi connectivity index (χ0) is 20.1. The number of thioether (sulfide) groups is 1. The first-order chi connectivity index (χ1) is 13.2. The maximum Gasteiger partial charge on any atom is 0.441 e. The Hall–Kier alpha value is -2.56. The smallest absolute Gasteiger partial charge is 0.441 e. The molecule has 150 valence electrons. The zero-order valence-electron chi connectivity index (χ0n) is 14.0. The van der Waals surface area contributed by atoms with Crippen molar-refractivity contribution in [2.75, 3.05) is 0 Å². The Morgan fingerprint density at radius 2 is 1.86 bits per heavy atom. The molecule has 0 bridgehead atoms. The molecule has 2 aliphatic rings. The van der Waals surface area contributed by atoms with Crippen LogP contribution in [0.3, 0.4) is 0 Å². The highest BCUT2D eigenvalue weighted by molar-refractivity contribution is 8.27. The average molecular weight is 461 g/mol. The molecule has 1 aromatic carbocycles. The van der Waals surface area contributed by atoms with E-state index in [-0.39, 0.29) is 40.7 Å². The Bertz CT molecular complexity index is 1090. The van der Waals surface area contributed by atoms with E-state index in [1.807, 2.05) is 0 Å². The molecule has 2 aliphatic heterocycles. The summed E-state index contributed by atoms with van der Waals surface area (Å²) < 4.78 is 44.1. The Morgan fingerprint density at radius 1 is 1.17 bits per heavy atom. The number of aliphatic imine (C=N–C) groups is 1. The van der Waals surface area contributed by atoms with Crippen LogP contribution in [0.15, 0.2) is 56.5 Å². The highest BCUT2D eigenvalue weighted by atomic mass is 35.5. The molecule has 0 saturated carbocycles. The molecular weight excluding hydrogens is 452 g/mol. The van der Waals surface area contributed by atoms with E-state index in [9.17, 15) is 18.0 Å². The molecule has 1 amide bonds. The number of furan rings is 1. The van der Waals surface area contributed by atoms with Crippen LogP contribution in [0.1, 0.15) is 5.76 Å². The first-order valence-electron chi connectivity index (χ1n) is 7.65. The van der Waals surface area contributed by atoms with Gasteiger partial charge in [-0.2, -0.15) is 28.3 Å². The van der Waals surface area contributed by atoms with Crippen LogP contribution < -0.4 is 0 Å². The predicted octanol–water partition coefficient (Wildman–Crippen LogP) is 5.20. The van der Waals surface area contributed by atoms with E-state index in [1.54, 1.807) is 36.4 Å². The number of nitrogens with one attached hydrogen (secondary N) is 1. The summed E-state index contributed by atoms with van der Waals surface area (Å²) in [6, 6.07) is 10.1. The predicted molar refractivity (Wildman–Crippen MR) is 107 cm³/mol. The Morgan fingerprint density at radius 3 is 2.52 bits per heavy atom. The van der Waals surface area contributed by atoms with Gasteiger partial charge in [-0.05, 0) is 54.2 Å². The zero-order valence-corrected chi connectivity index (χ0v) is 16.4. The number of fused-ring (bicyclic) bond motifs is 1. The third kappa shape index (κ3) is 4.09. The molecule has 3 heterocycles. The van der Waals surface area contributed by atoms with Gasteiger partial charge in [-0.1, -0.05) is 11.6 Å². The minimum absolute atomic E-state index is 0. The van der Waals surface area contributed by atoms with Crippen LogP contribution in [0, 0.1) is 5.41 Å². The van der Waals surface area contributed by atoms with Crippen molar-refractivity contribution in [2.24, 2.45) is 10.1 Å². The lowest BCUT2D eigenvalue weighted by molar-refractivity contribution is -0.114. The molecule has 12 heteroatoms. The van der Waals surface area contributed by atoms with Gasteiger partial charge in [0.2, 0.25) is 10.2 Å². The molecule has 6 nitrogen and oxygen atoms in total. The highest BCUT2D eigenvalue weighted by Gasteiger charge is 2.46. The lowest BCUT2D eigenvalue weighted by atomic mass is 10.1. The largest absolute Gasteiger partial charge is 0.457 e. The summed E-state index contributed by atoms with van der Waals surface area (Å²) in [6.07, 6.45) is -3.44. The summed E-state index contributed by atoms with van der Waals surface area (Å²) in [6.45, 7) is 0. The second-order valence-electron chi connectivity index (χ2n) is 5.63. The molecule has 0 spiro atoms.